The highest BCUT2D eigenvalue weighted by atomic mass is 19.2. The van der Waals surface area contributed by atoms with Crippen molar-refractivity contribution in [3.05, 3.63) is 35.4 Å². The summed E-state index contributed by atoms with van der Waals surface area (Å²) in [6.45, 7) is 6.23. The molecule has 0 spiro atoms. The summed E-state index contributed by atoms with van der Waals surface area (Å²) in [7, 11) is 1.78. The minimum atomic E-state index is -0.785. The highest BCUT2D eigenvalue weighted by Gasteiger charge is 2.26. The molecular weight excluding hydrogens is 334 g/mol. The first-order valence-electron chi connectivity index (χ1n) is 9.78. The van der Waals surface area contributed by atoms with Gasteiger partial charge in [-0.2, -0.15) is 0 Å². The normalized spacial score (nSPS) is 22.0. The van der Waals surface area contributed by atoms with Crippen LogP contribution in [0.15, 0.2) is 23.2 Å². The Morgan fingerprint density at radius 1 is 1.19 bits per heavy atom. The molecule has 0 amide bonds. The molecule has 1 N–H and O–H groups in total. The van der Waals surface area contributed by atoms with Crippen molar-refractivity contribution in [3.8, 4) is 0 Å². The summed E-state index contributed by atoms with van der Waals surface area (Å²) in [5, 5.41) is 3.30. The van der Waals surface area contributed by atoms with E-state index in [0.29, 0.717) is 24.4 Å². The van der Waals surface area contributed by atoms with Crippen LogP contribution in [0.3, 0.4) is 0 Å². The van der Waals surface area contributed by atoms with Crippen molar-refractivity contribution in [2.75, 3.05) is 46.3 Å². The van der Waals surface area contributed by atoms with Gasteiger partial charge in [0.1, 0.15) is 0 Å². The topological polar surface area (TPSA) is 30.9 Å². The zero-order valence-electron chi connectivity index (χ0n) is 15.7. The van der Waals surface area contributed by atoms with Crippen molar-refractivity contribution in [2.24, 2.45) is 10.9 Å². The van der Waals surface area contributed by atoms with Gasteiger partial charge in [0, 0.05) is 33.2 Å². The molecule has 2 saturated heterocycles. The third-order valence-electron chi connectivity index (χ3n) is 5.47. The molecule has 4 nitrogen and oxygen atoms in total. The van der Waals surface area contributed by atoms with Crippen molar-refractivity contribution in [2.45, 2.75) is 32.1 Å². The Labute approximate surface area is 155 Å². The van der Waals surface area contributed by atoms with Gasteiger partial charge in [0.05, 0.1) is 0 Å². The van der Waals surface area contributed by atoms with E-state index in [4.69, 9.17) is 0 Å². The fraction of sp³-hybridized carbons (Fsp3) is 0.650. The number of rotatable bonds is 5. The third kappa shape index (κ3) is 4.93. The molecular formula is C20H30F2N4. The summed E-state index contributed by atoms with van der Waals surface area (Å²) in [6, 6.07) is 4.33. The van der Waals surface area contributed by atoms with Gasteiger partial charge >= 0.3 is 0 Å². The van der Waals surface area contributed by atoms with Gasteiger partial charge in [-0.3, -0.25) is 4.99 Å². The second kappa shape index (κ2) is 9.31. The van der Waals surface area contributed by atoms with Crippen LogP contribution in [0.25, 0.3) is 0 Å². The van der Waals surface area contributed by atoms with E-state index in [9.17, 15) is 8.78 Å². The van der Waals surface area contributed by atoms with Gasteiger partial charge in [-0.15, -0.1) is 0 Å². The predicted octanol–water partition coefficient (Wildman–Crippen LogP) is 2.89. The Balaban J connectivity index is 1.45. The summed E-state index contributed by atoms with van der Waals surface area (Å²) >= 11 is 0. The maximum Gasteiger partial charge on any atom is 0.193 e. The lowest BCUT2D eigenvalue weighted by Crippen LogP contribution is -2.42. The van der Waals surface area contributed by atoms with E-state index in [-0.39, 0.29) is 0 Å². The van der Waals surface area contributed by atoms with E-state index in [0.717, 1.165) is 25.1 Å². The first-order chi connectivity index (χ1) is 12.7. The van der Waals surface area contributed by atoms with Gasteiger partial charge in [0.25, 0.3) is 0 Å². The third-order valence-corrected chi connectivity index (χ3v) is 5.47. The summed E-state index contributed by atoms with van der Waals surface area (Å²) in [4.78, 5) is 9.26. The summed E-state index contributed by atoms with van der Waals surface area (Å²) < 4.78 is 27.0. The minimum Gasteiger partial charge on any atom is -0.356 e. The second-order valence-electron chi connectivity index (χ2n) is 7.40. The van der Waals surface area contributed by atoms with Gasteiger partial charge in [0.15, 0.2) is 17.6 Å². The van der Waals surface area contributed by atoms with E-state index >= 15 is 0 Å². The largest absolute Gasteiger partial charge is 0.356 e. The molecule has 144 valence electrons. The number of benzene rings is 1. The molecule has 1 aromatic rings. The number of nitrogens with one attached hydrogen (secondary N) is 1. The minimum absolute atomic E-state index is 0.400. The average molecular weight is 364 g/mol. The molecule has 0 aliphatic carbocycles. The molecule has 2 aliphatic rings. The monoisotopic (exact) mass is 364 g/mol. The molecule has 1 atom stereocenters. The molecule has 0 aromatic heterocycles. The Bertz CT molecular complexity index is 614. The number of nitrogens with zero attached hydrogens (tertiary/aromatic N) is 3. The van der Waals surface area contributed by atoms with Gasteiger partial charge in [0.2, 0.25) is 0 Å². The number of hydrogen-bond acceptors (Lipinski definition) is 2. The number of guanidine groups is 1. The lowest BCUT2D eigenvalue weighted by molar-refractivity contribution is 0.198. The molecule has 1 aromatic carbocycles. The average Bonchev–Trinajstić information content (AvgIpc) is 3.11. The molecule has 6 heteroatoms. The van der Waals surface area contributed by atoms with Crippen LogP contribution in [0.5, 0.6) is 0 Å². The predicted molar refractivity (Wildman–Crippen MR) is 101 cm³/mol. The second-order valence-corrected chi connectivity index (χ2v) is 7.40. The van der Waals surface area contributed by atoms with Crippen molar-refractivity contribution < 1.29 is 8.78 Å². The molecule has 2 fully saturated rings. The van der Waals surface area contributed by atoms with Crippen molar-refractivity contribution >= 4 is 5.96 Å². The number of hydrogen-bond donors (Lipinski definition) is 1. The highest BCUT2D eigenvalue weighted by molar-refractivity contribution is 5.80. The van der Waals surface area contributed by atoms with Crippen LogP contribution >= 0.6 is 0 Å². The number of halogens is 2. The van der Waals surface area contributed by atoms with Gasteiger partial charge in [-0.05, 0) is 56.3 Å². The van der Waals surface area contributed by atoms with E-state index < -0.39 is 11.6 Å². The molecule has 1 unspecified atom stereocenters. The maximum absolute atomic E-state index is 13.7. The first kappa shape index (κ1) is 19.1. The first-order valence-corrected chi connectivity index (χ1v) is 9.78. The number of likely N-dealkylation sites (tertiary alicyclic amines) is 2. The lowest BCUT2D eigenvalue weighted by atomic mass is 10.1. The molecule has 0 radical (unpaired) electrons. The number of aliphatic imine (C=N–C) groups is 1. The molecule has 2 heterocycles. The van der Waals surface area contributed by atoms with Gasteiger partial charge in [-0.1, -0.05) is 18.6 Å². The summed E-state index contributed by atoms with van der Waals surface area (Å²) in [5.74, 6) is 0.0225. The van der Waals surface area contributed by atoms with Crippen LogP contribution in [0.1, 0.15) is 31.2 Å². The maximum atomic E-state index is 13.7. The molecule has 0 bridgehead atoms. The Hall–Kier alpha value is -1.69. The zero-order valence-corrected chi connectivity index (χ0v) is 15.7. The molecule has 3 rings (SSSR count). The Morgan fingerprint density at radius 3 is 2.77 bits per heavy atom. The quantitative estimate of drug-likeness (QED) is 0.644. The molecule has 0 saturated carbocycles. The van der Waals surface area contributed by atoms with Crippen LogP contribution in [0, 0.1) is 17.6 Å². The van der Waals surface area contributed by atoms with Crippen LogP contribution in [-0.2, 0) is 6.42 Å². The van der Waals surface area contributed by atoms with Crippen LogP contribution < -0.4 is 5.32 Å². The van der Waals surface area contributed by atoms with Crippen LogP contribution in [0.4, 0.5) is 8.78 Å². The van der Waals surface area contributed by atoms with Crippen molar-refractivity contribution in [3.63, 3.8) is 0 Å². The zero-order chi connectivity index (χ0) is 18.4. The van der Waals surface area contributed by atoms with Gasteiger partial charge in [-0.25, -0.2) is 8.78 Å². The van der Waals surface area contributed by atoms with Crippen LogP contribution in [0.2, 0.25) is 0 Å². The standard InChI is InChI=1S/C20H30F2N4/c1-23-20(24-10-8-17-6-5-7-18(21)19(17)22)26-13-9-16(15-26)14-25-11-3-2-4-12-25/h5-7,16H,2-4,8-15H2,1H3,(H,23,24). The van der Waals surface area contributed by atoms with Crippen LogP contribution in [-0.4, -0.2) is 62.1 Å². The number of piperidine rings is 1. The molecule has 2 aliphatic heterocycles. The summed E-state index contributed by atoms with van der Waals surface area (Å²) in [5.41, 5.74) is 0.400. The van der Waals surface area contributed by atoms with E-state index in [1.54, 1.807) is 19.2 Å². The fourth-order valence-electron chi connectivity index (χ4n) is 4.06. The smallest absolute Gasteiger partial charge is 0.193 e. The Kier molecular flexibility index (Phi) is 6.83. The lowest BCUT2D eigenvalue weighted by Gasteiger charge is -2.29. The SMILES string of the molecule is CN=C(NCCc1cccc(F)c1F)N1CCC(CN2CCCCC2)C1. The van der Waals surface area contributed by atoms with Crippen molar-refractivity contribution in [1.29, 1.82) is 0 Å². The van der Waals surface area contributed by atoms with Gasteiger partial charge < -0.3 is 15.1 Å². The molecule has 26 heavy (non-hydrogen) atoms. The highest BCUT2D eigenvalue weighted by Crippen LogP contribution is 2.20. The fourth-order valence-corrected chi connectivity index (χ4v) is 4.06. The summed E-state index contributed by atoms with van der Waals surface area (Å²) in [6.07, 6.45) is 5.66. The van der Waals surface area contributed by atoms with E-state index in [2.05, 4.69) is 20.1 Å². The Morgan fingerprint density at radius 2 is 2.00 bits per heavy atom. The van der Waals surface area contributed by atoms with Crippen molar-refractivity contribution in [1.82, 2.24) is 15.1 Å². The van der Waals surface area contributed by atoms with E-state index in [1.807, 2.05) is 0 Å². The van der Waals surface area contributed by atoms with E-state index in [1.165, 1.54) is 45.3 Å².